The van der Waals surface area contributed by atoms with Crippen LogP contribution in [0.1, 0.15) is 32.6 Å². The van der Waals surface area contributed by atoms with Crippen LogP contribution in [0, 0.1) is 11.3 Å². The Hall–Kier alpha value is -0.590. The van der Waals surface area contributed by atoms with Crippen molar-refractivity contribution >= 4 is 0 Å². The molecule has 1 aliphatic heterocycles. The molecule has 80 valence electrons. The average molecular weight is 195 g/mol. The molecule has 0 saturated carbocycles. The molecule has 1 saturated heterocycles. The van der Waals surface area contributed by atoms with Crippen LogP contribution in [0.2, 0.25) is 0 Å². The molecule has 0 radical (unpaired) electrons. The van der Waals surface area contributed by atoms with Crippen LogP contribution >= 0.6 is 0 Å². The van der Waals surface area contributed by atoms with E-state index in [1.54, 1.807) is 0 Å². The first kappa shape index (κ1) is 11.5. The molecule has 1 unspecified atom stereocenters. The van der Waals surface area contributed by atoms with Crippen LogP contribution in [-0.4, -0.2) is 37.1 Å². The summed E-state index contributed by atoms with van der Waals surface area (Å²) in [7, 11) is 0. The van der Waals surface area contributed by atoms with Gasteiger partial charge in [0.2, 0.25) is 0 Å². The Labute approximate surface area is 87.1 Å². The number of nitrogens with one attached hydrogen (secondary N) is 1. The van der Waals surface area contributed by atoms with Crippen LogP contribution in [0.25, 0.3) is 0 Å². The number of nitrogens with zero attached hydrogens (tertiary/aromatic N) is 2. The van der Waals surface area contributed by atoms with E-state index in [0.29, 0.717) is 12.5 Å². The predicted octanol–water partition coefficient (Wildman–Crippen LogP) is 1.36. The van der Waals surface area contributed by atoms with E-state index in [1.165, 1.54) is 19.3 Å². The second-order valence-electron chi connectivity index (χ2n) is 3.96. The quantitative estimate of drug-likeness (QED) is 0.736. The highest BCUT2D eigenvalue weighted by molar-refractivity contribution is 4.86. The van der Waals surface area contributed by atoms with Crippen molar-refractivity contribution in [2.45, 2.75) is 38.6 Å². The fourth-order valence-electron chi connectivity index (χ4n) is 1.95. The first-order valence-electron chi connectivity index (χ1n) is 5.70. The third-order valence-corrected chi connectivity index (χ3v) is 2.82. The second-order valence-corrected chi connectivity index (χ2v) is 3.96. The van der Waals surface area contributed by atoms with Crippen molar-refractivity contribution in [3.05, 3.63) is 0 Å². The zero-order valence-corrected chi connectivity index (χ0v) is 9.13. The molecule has 0 spiro atoms. The van der Waals surface area contributed by atoms with E-state index in [9.17, 15) is 0 Å². The summed E-state index contributed by atoms with van der Waals surface area (Å²) < 4.78 is 0. The van der Waals surface area contributed by atoms with E-state index in [1.807, 2.05) is 0 Å². The van der Waals surface area contributed by atoms with Crippen molar-refractivity contribution in [3.8, 4) is 6.07 Å². The normalized spacial score (nSPS) is 24.1. The van der Waals surface area contributed by atoms with Crippen molar-refractivity contribution in [1.82, 2.24) is 10.2 Å². The van der Waals surface area contributed by atoms with Crippen molar-refractivity contribution in [1.29, 1.82) is 5.26 Å². The number of unbranched alkanes of at least 4 members (excludes halogenated alkanes) is 1. The highest BCUT2D eigenvalue weighted by atomic mass is 15.2. The molecule has 1 fully saturated rings. The molecule has 1 aliphatic rings. The van der Waals surface area contributed by atoms with Gasteiger partial charge in [-0.05, 0) is 32.5 Å². The summed E-state index contributed by atoms with van der Waals surface area (Å²) in [6, 6.07) is 2.73. The minimum atomic E-state index is 0.439. The van der Waals surface area contributed by atoms with Gasteiger partial charge in [-0.2, -0.15) is 5.26 Å². The largest absolute Gasteiger partial charge is 0.315 e. The number of rotatable bonds is 4. The fourth-order valence-corrected chi connectivity index (χ4v) is 1.95. The van der Waals surface area contributed by atoms with Gasteiger partial charge in [-0.25, -0.2) is 0 Å². The monoisotopic (exact) mass is 195 g/mol. The van der Waals surface area contributed by atoms with Gasteiger partial charge in [-0.15, -0.1) is 0 Å². The standard InChI is InChI=1S/C11H21N3/c1-2-3-8-14-9-4-7-13-10-11(14)5-6-12/h11,13H,2-5,7-10H2,1H3. The summed E-state index contributed by atoms with van der Waals surface area (Å²) in [4.78, 5) is 2.48. The van der Waals surface area contributed by atoms with Crippen LogP contribution < -0.4 is 5.32 Å². The van der Waals surface area contributed by atoms with Crippen LogP contribution in [0.15, 0.2) is 0 Å². The van der Waals surface area contributed by atoms with Crippen LogP contribution in [-0.2, 0) is 0 Å². The van der Waals surface area contributed by atoms with Gasteiger partial charge in [0.25, 0.3) is 0 Å². The third kappa shape index (κ3) is 3.65. The van der Waals surface area contributed by atoms with Gasteiger partial charge in [-0.1, -0.05) is 13.3 Å². The Morgan fingerprint density at radius 1 is 1.57 bits per heavy atom. The molecule has 1 heterocycles. The molecule has 0 aliphatic carbocycles. The molecule has 14 heavy (non-hydrogen) atoms. The third-order valence-electron chi connectivity index (χ3n) is 2.82. The highest BCUT2D eigenvalue weighted by Gasteiger charge is 2.19. The molecular formula is C11H21N3. The van der Waals surface area contributed by atoms with Crippen LogP contribution in [0.3, 0.4) is 0 Å². The SMILES string of the molecule is CCCCN1CCCNCC1CC#N. The lowest BCUT2D eigenvalue weighted by atomic mass is 10.1. The summed E-state index contributed by atoms with van der Waals surface area (Å²) >= 11 is 0. The summed E-state index contributed by atoms with van der Waals surface area (Å²) in [5.74, 6) is 0. The Morgan fingerprint density at radius 2 is 2.43 bits per heavy atom. The summed E-state index contributed by atoms with van der Waals surface area (Å²) in [6.07, 6.45) is 4.37. The molecule has 3 nitrogen and oxygen atoms in total. The van der Waals surface area contributed by atoms with Gasteiger partial charge in [0.1, 0.15) is 0 Å². The molecule has 0 bridgehead atoms. The molecule has 1 atom stereocenters. The molecule has 0 aromatic heterocycles. The molecule has 0 aromatic rings. The van der Waals surface area contributed by atoms with Crippen LogP contribution in [0.4, 0.5) is 0 Å². The van der Waals surface area contributed by atoms with Gasteiger partial charge >= 0.3 is 0 Å². The first-order chi connectivity index (χ1) is 6.88. The zero-order valence-electron chi connectivity index (χ0n) is 9.13. The smallest absolute Gasteiger partial charge is 0.0638 e. The lowest BCUT2D eigenvalue weighted by Gasteiger charge is -2.27. The van der Waals surface area contributed by atoms with E-state index in [0.717, 1.165) is 26.2 Å². The minimum absolute atomic E-state index is 0.439. The van der Waals surface area contributed by atoms with Gasteiger partial charge in [0.15, 0.2) is 0 Å². The maximum atomic E-state index is 8.75. The average Bonchev–Trinajstić information content (AvgIpc) is 2.41. The van der Waals surface area contributed by atoms with Crippen molar-refractivity contribution in [2.24, 2.45) is 0 Å². The number of hydrogen-bond donors (Lipinski definition) is 1. The topological polar surface area (TPSA) is 39.1 Å². The molecule has 1 N–H and O–H groups in total. The summed E-state index contributed by atoms with van der Waals surface area (Å²) in [5, 5.41) is 12.1. The molecule has 0 amide bonds. The van der Waals surface area contributed by atoms with Gasteiger partial charge in [-0.3, -0.25) is 4.90 Å². The lowest BCUT2D eigenvalue weighted by molar-refractivity contribution is 0.208. The van der Waals surface area contributed by atoms with Crippen molar-refractivity contribution in [3.63, 3.8) is 0 Å². The minimum Gasteiger partial charge on any atom is -0.315 e. The highest BCUT2D eigenvalue weighted by Crippen LogP contribution is 2.08. The maximum Gasteiger partial charge on any atom is 0.0638 e. The maximum absolute atomic E-state index is 8.75. The van der Waals surface area contributed by atoms with Crippen LogP contribution in [0.5, 0.6) is 0 Å². The molecular weight excluding hydrogens is 174 g/mol. The Morgan fingerprint density at radius 3 is 3.14 bits per heavy atom. The van der Waals surface area contributed by atoms with Gasteiger partial charge in [0.05, 0.1) is 12.5 Å². The first-order valence-corrected chi connectivity index (χ1v) is 5.70. The Bertz CT molecular complexity index is 185. The molecule has 0 aromatic carbocycles. The Balaban J connectivity index is 2.42. The number of hydrogen-bond acceptors (Lipinski definition) is 3. The number of nitriles is 1. The summed E-state index contributed by atoms with van der Waals surface area (Å²) in [5.41, 5.74) is 0. The predicted molar refractivity (Wildman–Crippen MR) is 58.0 cm³/mol. The Kier molecular flexibility index (Phi) is 5.58. The van der Waals surface area contributed by atoms with E-state index in [2.05, 4.69) is 23.2 Å². The molecule has 3 heteroatoms. The van der Waals surface area contributed by atoms with Crippen molar-refractivity contribution in [2.75, 3.05) is 26.2 Å². The summed E-state index contributed by atoms with van der Waals surface area (Å²) in [6.45, 7) is 6.61. The lowest BCUT2D eigenvalue weighted by Crippen LogP contribution is -2.40. The van der Waals surface area contributed by atoms with Crippen molar-refractivity contribution < 1.29 is 0 Å². The van der Waals surface area contributed by atoms with E-state index < -0.39 is 0 Å². The van der Waals surface area contributed by atoms with E-state index in [4.69, 9.17) is 5.26 Å². The fraction of sp³-hybridized carbons (Fsp3) is 0.909. The van der Waals surface area contributed by atoms with Gasteiger partial charge < -0.3 is 5.32 Å². The van der Waals surface area contributed by atoms with Gasteiger partial charge in [0, 0.05) is 12.6 Å². The zero-order chi connectivity index (χ0) is 10.2. The van der Waals surface area contributed by atoms with E-state index >= 15 is 0 Å². The second kappa shape index (κ2) is 6.80. The molecule has 1 rings (SSSR count). The van der Waals surface area contributed by atoms with E-state index in [-0.39, 0.29) is 0 Å².